The third-order valence-electron chi connectivity index (χ3n) is 4.33. The fourth-order valence-corrected chi connectivity index (χ4v) is 3.97. The molecule has 1 aliphatic rings. The van der Waals surface area contributed by atoms with E-state index in [1.165, 1.54) is 18.4 Å². The quantitative estimate of drug-likeness (QED) is 0.803. The second-order valence-corrected chi connectivity index (χ2v) is 6.89. The van der Waals surface area contributed by atoms with E-state index in [0.29, 0.717) is 30.8 Å². The second kappa shape index (κ2) is 7.13. The first-order valence-electron chi connectivity index (χ1n) is 8.00. The lowest BCUT2D eigenvalue weighted by atomic mass is 9.97. The Hall–Kier alpha value is -2.21. The van der Waals surface area contributed by atoms with Gasteiger partial charge in [-0.3, -0.25) is 9.59 Å². The number of aryl methyl sites for hydroxylation is 1. The number of nitrogens with zero attached hydrogens (tertiary/aromatic N) is 2. The Balaban J connectivity index is 1.72. The number of amides is 1. The highest BCUT2D eigenvalue weighted by Crippen LogP contribution is 2.29. The van der Waals surface area contributed by atoms with Gasteiger partial charge in [0.25, 0.3) is 5.91 Å². The van der Waals surface area contributed by atoms with Crippen molar-refractivity contribution in [1.29, 1.82) is 0 Å². The van der Waals surface area contributed by atoms with Crippen LogP contribution in [0.2, 0.25) is 0 Å². The molecule has 0 aliphatic carbocycles. The normalized spacial score (nSPS) is 15.3. The number of methoxy groups -OCH3 is 1. The van der Waals surface area contributed by atoms with Crippen LogP contribution >= 0.6 is 11.3 Å². The summed E-state index contributed by atoms with van der Waals surface area (Å²) < 4.78 is 4.79. The molecule has 6 heteroatoms. The topological polar surface area (TPSA) is 59.5 Å². The first-order chi connectivity index (χ1) is 11.6. The molecule has 1 amide bonds. The SMILES string of the molecule is COC(=O)C1CCN(C(=O)c2sc(-c3ccccc3)nc2C)CC1. The highest BCUT2D eigenvalue weighted by molar-refractivity contribution is 7.17. The van der Waals surface area contributed by atoms with E-state index in [4.69, 9.17) is 4.74 Å². The average Bonchev–Trinajstić information content (AvgIpc) is 3.03. The fraction of sp³-hybridized carbons (Fsp3) is 0.389. The smallest absolute Gasteiger partial charge is 0.308 e. The molecule has 0 unspecified atom stereocenters. The van der Waals surface area contributed by atoms with Crippen LogP contribution in [0.4, 0.5) is 0 Å². The molecule has 1 aromatic heterocycles. The van der Waals surface area contributed by atoms with Crippen molar-refractivity contribution in [2.45, 2.75) is 19.8 Å². The minimum Gasteiger partial charge on any atom is -0.469 e. The Bertz CT molecular complexity index is 734. The third kappa shape index (κ3) is 3.33. The van der Waals surface area contributed by atoms with E-state index in [1.807, 2.05) is 42.2 Å². The van der Waals surface area contributed by atoms with Gasteiger partial charge in [0.2, 0.25) is 0 Å². The van der Waals surface area contributed by atoms with Crippen molar-refractivity contribution in [2.75, 3.05) is 20.2 Å². The number of ether oxygens (including phenoxy) is 1. The van der Waals surface area contributed by atoms with E-state index in [1.54, 1.807) is 0 Å². The van der Waals surface area contributed by atoms with E-state index < -0.39 is 0 Å². The van der Waals surface area contributed by atoms with Crippen molar-refractivity contribution in [2.24, 2.45) is 5.92 Å². The van der Waals surface area contributed by atoms with Crippen molar-refractivity contribution in [1.82, 2.24) is 9.88 Å². The maximum absolute atomic E-state index is 12.8. The van der Waals surface area contributed by atoms with Crippen LogP contribution in [0.3, 0.4) is 0 Å². The van der Waals surface area contributed by atoms with Gasteiger partial charge in [0.05, 0.1) is 18.7 Å². The summed E-state index contributed by atoms with van der Waals surface area (Å²) in [5.74, 6) is -0.264. The number of benzene rings is 1. The zero-order valence-electron chi connectivity index (χ0n) is 13.8. The molecule has 5 nitrogen and oxygen atoms in total. The minimum atomic E-state index is -0.178. The zero-order chi connectivity index (χ0) is 17.1. The first-order valence-corrected chi connectivity index (χ1v) is 8.81. The van der Waals surface area contributed by atoms with Gasteiger partial charge < -0.3 is 9.64 Å². The lowest BCUT2D eigenvalue weighted by molar-refractivity contribution is -0.146. The summed E-state index contributed by atoms with van der Waals surface area (Å²) in [4.78, 5) is 31.4. The predicted molar refractivity (Wildman–Crippen MR) is 92.9 cm³/mol. The van der Waals surface area contributed by atoms with Gasteiger partial charge in [-0.05, 0) is 19.8 Å². The van der Waals surface area contributed by atoms with Crippen molar-refractivity contribution < 1.29 is 14.3 Å². The fourth-order valence-electron chi connectivity index (χ4n) is 2.93. The molecule has 0 saturated carbocycles. The lowest BCUT2D eigenvalue weighted by Crippen LogP contribution is -2.40. The van der Waals surface area contributed by atoms with Gasteiger partial charge in [0.1, 0.15) is 9.88 Å². The number of piperidine rings is 1. The predicted octanol–water partition coefficient (Wildman–Crippen LogP) is 3.14. The highest BCUT2D eigenvalue weighted by atomic mass is 32.1. The number of thiazole rings is 1. The summed E-state index contributed by atoms with van der Waals surface area (Å²) in [5, 5.41) is 0.862. The van der Waals surface area contributed by atoms with E-state index in [2.05, 4.69) is 4.98 Å². The molecule has 1 fully saturated rings. The molecular weight excluding hydrogens is 324 g/mol. The van der Waals surface area contributed by atoms with Crippen LogP contribution in [0, 0.1) is 12.8 Å². The van der Waals surface area contributed by atoms with Gasteiger partial charge in [-0.15, -0.1) is 11.3 Å². The Labute approximate surface area is 145 Å². The first kappa shape index (κ1) is 16.6. The minimum absolute atomic E-state index is 0.00972. The molecule has 0 radical (unpaired) electrons. The number of esters is 1. The number of carbonyl (C=O) groups excluding carboxylic acids is 2. The molecule has 1 saturated heterocycles. The van der Waals surface area contributed by atoms with Gasteiger partial charge in [-0.1, -0.05) is 30.3 Å². The second-order valence-electron chi connectivity index (χ2n) is 5.89. The van der Waals surface area contributed by atoms with Crippen molar-refractivity contribution in [3.63, 3.8) is 0 Å². The molecule has 2 heterocycles. The monoisotopic (exact) mass is 344 g/mol. The Kier molecular flexibility index (Phi) is 4.94. The van der Waals surface area contributed by atoms with Gasteiger partial charge >= 0.3 is 5.97 Å². The summed E-state index contributed by atoms with van der Waals surface area (Å²) in [7, 11) is 1.41. The summed E-state index contributed by atoms with van der Waals surface area (Å²) in [6, 6.07) is 9.88. The van der Waals surface area contributed by atoms with Crippen LogP contribution in [0.25, 0.3) is 10.6 Å². The maximum Gasteiger partial charge on any atom is 0.308 e. The summed E-state index contributed by atoms with van der Waals surface area (Å²) in [5.41, 5.74) is 1.79. The molecule has 0 spiro atoms. The number of aromatic nitrogens is 1. The van der Waals surface area contributed by atoms with Crippen LogP contribution in [0.5, 0.6) is 0 Å². The van der Waals surface area contributed by atoms with E-state index in [-0.39, 0.29) is 17.8 Å². The standard InChI is InChI=1S/C18H20N2O3S/c1-12-15(24-16(19-12)13-6-4-3-5-7-13)17(21)20-10-8-14(9-11-20)18(22)23-2/h3-7,14H,8-11H2,1-2H3. The molecular formula is C18H20N2O3S. The van der Waals surface area contributed by atoms with Crippen LogP contribution < -0.4 is 0 Å². The maximum atomic E-state index is 12.8. The van der Waals surface area contributed by atoms with Gasteiger partial charge in [-0.25, -0.2) is 4.98 Å². The molecule has 126 valence electrons. The van der Waals surface area contributed by atoms with Gasteiger partial charge in [0.15, 0.2) is 0 Å². The van der Waals surface area contributed by atoms with E-state index in [0.717, 1.165) is 16.3 Å². The van der Waals surface area contributed by atoms with Crippen molar-refractivity contribution >= 4 is 23.2 Å². The van der Waals surface area contributed by atoms with Crippen LogP contribution in [0.1, 0.15) is 28.2 Å². The van der Waals surface area contributed by atoms with E-state index in [9.17, 15) is 9.59 Å². The van der Waals surface area contributed by atoms with Crippen LogP contribution in [-0.4, -0.2) is 42.0 Å². The van der Waals surface area contributed by atoms with Crippen LogP contribution in [-0.2, 0) is 9.53 Å². The lowest BCUT2D eigenvalue weighted by Gasteiger charge is -2.30. The number of hydrogen-bond acceptors (Lipinski definition) is 5. The Morgan fingerprint density at radius 3 is 2.50 bits per heavy atom. The number of rotatable bonds is 3. The summed E-state index contributed by atoms with van der Waals surface area (Å²) in [6.45, 7) is 3.03. The highest BCUT2D eigenvalue weighted by Gasteiger charge is 2.30. The van der Waals surface area contributed by atoms with E-state index >= 15 is 0 Å². The molecule has 2 aromatic rings. The van der Waals surface area contributed by atoms with Crippen LogP contribution in [0.15, 0.2) is 30.3 Å². The van der Waals surface area contributed by atoms with Gasteiger partial charge in [-0.2, -0.15) is 0 Å². The number of hydrogen-bond donors (Lipinski definition) is 0. The summed E-state index contributed by atoms with van der Waals surface area (Å²) >= 11 is 1.43. The molecule has 0 bridgehead atoms. The Morgan fingerprint density at radius 1 is 1.21 bits per heavy atom. The average molecular weight is 344 g/mol. The molecule has 1 aromatic carbocycles. The Morgan fingerprint density at radius 2 is 1.88 bits per heavy atom. The largest absolute Gasteiger partial charge is 0.469 e. The molecule has 1 aliphatic heterocycles. The van der Waals surface area contributed by atoms with Gasteiger partial charge in [0, 0.05) is 18.7 Å². The zero-order valence-corrected chi connectivity index (χ0v) is 14.6. The van der Waals surface area contributed by atoms with Crippen molar-refractivity contribution in [3.8, 4) is 10.6 Å². The molecule has 24 heavy (non-hydrogen) atoms. The summed E-state index contributed by atoms with van der Waals surface area (Å²) in [6.07, 6.45) is 1.31. The number of carbonyl (C=O) groups is 2. The number of likely N-dealkylation sites (tertiary alicyclic amines) is 1. The molecule has 0 N–H and O–H groups in total. The molecule has 0 atom stereocenters. The van der Waals surface area contributed by atoms with Crippen molar-refractivity contribution in [3.05, 3.63) is 40.9 Å². The third-order valence-corrected chi connectivity index (χ3v) is 5.52. The molecule has 3 rings (SSSR count).